The van der Waals surface area contributed by atoms with Gasteiger partial charge in [0.2, 0.25) is 4.96 Å². The van der Waals surface area contributed by atoms with Crippen molar-refractivity contribution in [2.24, 2.45) is 0 Å². The van der Waals surface area contributed by atoms with Crippen molar-refractivity contribution in [2.45, 2.75) is 39.2 Å². The van der Waals surface area contributed by atoms with Gasteiger partial charge in [-0.3, -0.25) is 0 Å². The zero-order valence-corrected chi connectivity index (χ0v) is 15.3. The Morgan fingerprint density at radius 1 is 1.08 bits per heavy atom. The molecule has 0 N–H and O–H groups in total. The number of benzene rings is 1. The van der Waals surface area contributed by atoms with Crippen LogP contribution in [0.15, 0.2) is 42.7 Å². The monoisotopic (exact) mass is 352 g/mol. The molecule has 1 aromatic carbocycles. The van der Waals surface area contributed by atoms with Gasteiger partial charge < -0.3 is 4.57 Å². The highest BCUT2D eigenvalue weighted by atomic mass is 32.1. The van der Waals surface area contributed by atoms with E-state index in [2.05, 4.69) is 52.7 Å². The molecule has 0 unspecified atom stereocenters. The maximum absolute atomic E-state index is 4.79. The topological polar surface area (TPSA) is 60.9 Å². The third-order valence-electron chi connectivity index (χ3n) is 4.27. The molecule has 3 aromatic heterocycles. The zero-order valence-electron chi connectivity index (χ0n) is 14.5. The molecule has 1 atom stereocenters. The molecule has 7 heteroatoms. The van der Waals surface area contributed by atoms with Crippen molar-refractivity contribution in [3.05, 3.63) is 64.9 Å². The molecule has 0 spiro atoms. The molecule has 128 valence electrons. The van der Waals surface area contributed by atoms with Gasteiger partial charge in [-0.1, -0.05) is 55.5 Å². The van der Waals surface area contributed by atoms with Crippen LogP contribution in [0.25, 0.3) is 4.96 Å². The van der Waals surface area contributed by atoms with Crippen LogP contribution >= 0.6 is 11.3 Å². The van der Waals surface area contributed by atoms with Gasteiger partial charge in [-0.15, -0.1) is 10.2 Å². The average molecular weight is 352 g/mol. The largest absolute Gasteiger partial charge is 0.325 e. The van der Waals surface area contributed by atoms with Gasteiger partial charge in [0, 0.05) is 24.7 Å². The quantitative estimate of drug-likeness (QED) is 0.549. The smallest absolute Gasteiger partial charge is 0.234 e. The molecule has 3 heterocycles. The zero-order chi connectivity index (χ0) is 17.4. The van der Waals surface area contributed by atoms with Gasteiger partial charge in [0.1, 0.15) is 10.8 Å². The maximum atomic E-state index is 4.79. The highest BCUT2D eigenvalue weighted by Gasteiger charge is 2.20. The Kier molecular flexibility index (Phi) is 4.09. The van der Waals surface area contributed by atoms with E-state index >= 15 is 0 Å². The molecule has 4 aromatic rings. The normalized spacial score (nSPS) is 13.0. The van der Waals surface area contributed by atoms with Crippen LogP contribution in [0.5, 0.6) is 0 Å². The van der Waals surface area contributed by atoms with Gasteiger partial charge in [-0.2, -0.15) is 9.61 Å². The fourth-order valence-corrected chi connectivity index (χ4v) is 3.86. The SMILES string of the molecule is CC(C)c1nccn1[C@H](C)c1nn2c(Cc3ccccc3)nnc2s1. The van der Waals surface area contributed by atoms with E-state index in [1.54, 1.807) is 11.3 Å². The Morgan fingerprint density at radius 3 is 2.64 bits per heavy atom. The van der Waals surface area contributed by atoms with Crippen LogP contribution in [-0.2, 0) is 6.42 Å². The molecule has 0 amide bonds. The van der Waals surface area contributed by atoms with Crippen LogP contribution in [0.4, 0.5) is 0 Å². The van der Waals surface area contributed by atoms with E-state index in [1.807, 2.05) is 35.1 Å². The van der Waals surface area contributed by atoms with Gasteiger partial charge in [0.15, 0.2) is 5.82 Å². The summed E-state index contributed by atoms with van der Waals surface area (Å²) in [5, 5.41) is 14.4. The molecular weight excluding hydrogens is 332 g/mol. The van der Waals surface area contributed by atoms with Crippen molar-refractivity contribution in [1.82, 2.24) is 29.4 Å². The predicted octanol–water partition coefficient (Wildman–Crippen LogP) is 3.71. The van der Waals surface area contributed by atoms with Gasteiger partial charge in [-0.25, -0.2) is 4.98 Å². The van der Waals surface area contributed by atoms with Crippen LogP contribution in [0.2, 0.25) is 0 Å². The lowest BCUT2D eigenvalue weighted by atomic mass is 10.1. The number of imidazole rings is 1. The van der Waals surface area contributed by atoms with E-state index in [0.29, 0.717) is 5.92 Å². The number of nitrogens with zero attached hydrogens (tertiary/aromatic N) is 6. The Hall–Kier alpha value is -2.54. The molecule has 0 aliphatic heterocycles. The Balaban J connectivity index is 1.66. The molecule has 0 saturated heterocycles. The number of fused-ring (bicyclic) bond motifs is 1. The van der Waals surface area contributed by atoms with Crippen LogP contribution in [-0.4, -0.2) is 29.4 Å². The fraction of sp³-hybridized carbons (Fsp3) is 0.333. The molecule has 0 aliphatic rings. The average Bonchev–Trinajstić information content (AvgIpc) is 3.31. The first kappa shape index (κ1) is 16.0. The number of rotatable bonds is 5. The van der Waals surface area contributed by atoms with Crippen LogP contribution < -0.4 is 0 Å². The highest BCUT2D eigenvalue weighted by Crippen LogP contribution is 2.27. The van der Waals surface area contributed by atoms with Gasteiger partial charge in [-0.05, 0) is 12.5 Å². The highest BCUT2D eigenvalue weighted by molar-refractivity contribution is 7.16. The number of hydrogen-bond acceptors (Lipinski definition) is 5. The standard InChI is InChI=1S/C18H20N6S/c1-12(2)16-19-9-10-23(16)13(3)17-22-24-15(20-21-18(24)25-17)11-14-7-5-4-6-8-14/h4-10,12-13H,11H2,1-3H3/t13-/m1/s1. The number of hydrogen-bond donors (Lipinski definition) is 0. The van der Waals surface area contributed by atoms with Gasteiger partial charge in [0.25, 0.3) is 0 Å². The molecule has 6 nitrogen and oxygen atoms in total. The summed E-state index contributed by atoms with van der Waals surface area (Å²) in [7, 11) is 0. The van der Waals surface area contributed by atoms with E-state index in [0.717, 1.165) is 28.0 Å². The maximum Gasteiger partial charge on any atom is 0.234 e. The molecule has 0 saturated carbocycles. The lowest BCUT2D eigenvalue weighted by molar-refractivity contribution is 0.568. The summed E-state index contributed by atoms with van der Waals surface area (Å²) in [5.74, 6) is 2.31. The lowest BCUT2D eigenvalue weighted by Gasteiger charge is -2.15. The summed E-state index contributed by atoms with van der Waals surface area (Å²) in [6.07, 6.45) is 4.60. The van der Waals surface area contributed by atoms with Crippen molar-refractivity contribution in [1.29, 1.82) is 0 Å². The summed E-state index contributed by atoms with van der Waals surface area (Å²) in [6, 6.07) is 10.4. The summed E-state index contributed by atoms with van der Waals surface area (Å²) in [5.41, 5.74) is 1.20. The van der Waals surface area contributed by atoms with E-state index in [4.69, 9.17) is 5.10 Å². The molecular formula is C18H20N6S. The molecule has 0 radical (unpaired) electrons. The second kappa shape index (κ2) is 6.40. The third-order valence-corrected chi connectivity index (χ3v) is 5.33. The predicted molar refractivity (Wildman–Crippen MR) is 98.0 cm³/mol. The second-order valence-electron chi connectivity index (χ2n) is 6.44. The molecule has 4 rings (SSSR count). The van der Waals surface area contributed by atoms with Crippen molar-refractivity contribution < 1.29 is 0 Å². The van der Waals surface area contributed by atoms with Crippen LogP contribution in [0, 0.1) is 0 Å². The van der Waals surface area contributed by atoms with E-state index in [1.165, 1.54) is 5.56 Å². The van der Waals surface area contributed by atoms with E-state index in [9.17, 15) is 0 Å². The Bertz CT molecular complexity index is 982. The molecule has 0 aliphatic carbocycles. The third kappa shape index (κ3) is 2.95. The van der Waals surface area contributed by atoms with E-state index < -0.39 is 0 Å². The van der Waals surface area contributed by atoms with Crippen LogP contribution in [0.3, 0.4) is 0 Å². The first-order valence-electron chi connectivity index (χ1n) is 8.41. The number of aromatic nitrogens is 6. The first-order valence-corrected chi connectivity index (χ1v) is 9.23. The summed E-state index contributed by atoms with van der Waals surface area (Å²) >= 11 is 1.59. The summed E-state index contributed by atoms with van der Waals surface area (Å²) in [4.78, 5) is 5.31. The van der Waals surface area contributed by atoms with Crippen molar-refractivity contribution >= 4 is 16.3 Å². The van der Waals surface area contributed by atoms with Gasteiger partial charge in [0.05, 0.1) is 6.04 Å². The molecule has 0 bridgehead atoms. The molecule has 0 fully saturated rings. The Labute approximate surface area is 150 Å². The Morgan fingerprint density at radius 2 is 1.88 bits per heavy atom. The minimum atomic E-state index is 0.121. The van der Waals surface area contributed by atoms with Crippen molar-refractivity contribution in [2.75, 3.05) is 0 Å². The van der Waals surface area contributed by atoms with Crippen molar-refractivity contribution in [3.8, 4) is 0 Å². The van der Waals surface area contributed by atoms with Gasteiger partial charge >= 0.3 is 0 Å². The van der Waals surface area contributed by atoms with E-state index in [-0.39, 0.29) is 6.04 Å². The van der Waals surface area contributed by atoms with Crippen molar-refractivity contribution in [3.63, 3.8) is 0 Å². The lowest BCUT2D eigenvalue weighted by Crippen LogP contribution is -2.11. The fourth-order valence-electron chi connectivity index (χ4n) is 2.95. The molecule has 25 heavy (non-hydrogen) atoms. The van der Waals surface area contributed by atoms with Crippen LogP contribution in [0.1, 0.15) is 55.0 Å². The first-order chi connectivity index (χ1) is 12.1. The summed E-state index contributed by atoms with van der Waals surface area (Å²) < 4.78 is 4.06. The summed E-state index contributed by atoms with van der Waals surface area (Å²) in [6.45, 7) is 6.46. The second-order valence-corrected chi connectivity index (χ2v) is 7.42. The minimum absolute atomic E-state index is 0.121. The minimum Gasteiger partial charge on any atom is -0.325 e.